The quantitative estimate of drug-likeness (QED) is 0.869. The van der Waals surface area contributed by atoms with Gasteiger partial charge < -0.3 is 9.32 Å². The number of amides is 1. The van der Waals surface area contributed by atoms with Crippen molar-refractivity contribution in [2.45, 2.75) is 13.3 Å². The molecular formula is C14H14N2O3S. The molecule has 1 amide bonds. The maximum Gasteiger partial charge on any atom is 0.227 e. The molecule has 0 N–H and O–H groups in total. The third-order valence-corrected chi connectivity index (χ3v) is 4.40. The number of rotatable bonds is 3. The summed E-state index contributed by atoms with van der Waals surface area (Å²) >= 11 is 1.28. The van der Waals surface area contributed by atoms with Crippen molar-refractivity contribution in [1.82, 2.24) is 4.98 Å². The van der Waals surface area contributed by atoms with Crippen molar-refractivity contribution in [3.63, 3.8) is 0 Å². The highest BCUT2D eigenvalue weighted by atomic mass is 32.2. The molecule has 1 aliphatic heterocycles. The molecule has 1 atom stereocenters. The van der Waals surface area contributed by atoms with Gasteiger partial charge in [-0.05, 0) is 18.1 Å². The van der Waals surface area contributed by atoms with E-state index >= 15 is 0 Å². The predicted octanol–water partition coefficient (Wildman–Crippen LogP) is 2.46. The van der Waals surface area contributed by atoms with Crippen molar-refractivity contribution in [2.75, 3.05) is 17.2 Å². The Labute approximate surface area is 120 Å². The van der Waals surface area contributed by atoms with Crippen LogP contribution in [-0.4, -0.2) is 28.3 Å². The molecule has 1 aromatic carbocycles. The Morgan fingerprint density at radius 2 is 2.40 bits per heavy atom. The largest absolute Gasteiger partial charge is 0.443 e. The second kappa shape index (κ2) is 5.28. The highest BCUT2D eigenvalue weighted by molar-refractivity contribution is 8.13. The molecule has 0 spiro atoms. The SMILES string of the molecule is CC(=O)SCC1CC(=O)N(c2cccc3ocnc23)C1. The smallest absolute Gasteiger partial charge is 0.227 e. The topological polar surface area (TPSA) is 63.4 Å². The van der Waals surface area contributed by atoms with E-state index in [9.17, 15) is 9.59 Å². The molecule has 0 bridgehead atoms. The molecule has 1 fully saturated rings. The number of thioether (sulfide) groups is 1. The lowest BCUT2D eigenvalue weighted by Gasteiger charge is -2.16. The normalized spacial score (nSPS) is 18.9. The van der Waals surface area contributed by atoms with Crippen molar-refractivity contribution in [2.24, 2.45) is 5.92 Å². The first-order valence-corrected chi connectivity index (χ1v) is 7.39. The van der Waals surface area contributed by atoms with Gasteiger partial charge in [-0.1, -0.05) is 17.8 Å². The molecular weight excluding hydrogens is 276 g/mol. The molecule has 5 nitrogen and oxygen atoms in total. The van der Waals surface area contributed by atoms with E-state index in [1.165, 1.54) is 18.2 Å². The Hall–Kier alpha value is -1.82. The summed E-state index contributed by atoms with van der Waals surface area (Å²) in [6.07, 6.45) is 1.87. The van der Waals surface area contributed by atoms with Gasteiger partial charge in [0.1, 0.15) is 5.52 Å². The molecule has 20 heavy (non-hydrogen) atoms. The summed E-state index contributed by atoms with van der Waals surface area (Å²) in [5.74, 6) is 0.972. The summed E-state index contributed by atoms with van der Waals surface area (Å²) in [6.45, 7) is 2.18. The van der Waals surface area contributed by atoms with Gasteiger partial charge >= 0.3 is 0 Å². The lowest BCUT2D eigenvalue weighted by molar-refractivity contribution is -0.117. The van der Waals surface area contributed by atoms with E-state index in [1.54, 1.807) is 11.8 Å². The number of fused-ring (bicyclic) bond motifs is 1. The fourth-order valence-electron chi connectivity index (χ4n) is 2.45. The fraction of sp³-hybridized carbons (Fsp3) is 0.357. The Balaban J connectivity index is 1.82. The number of nitrogens with zero attached hydrogens (tertiary/aromatic N) is 2. The van der Waals surface area contributed by atoms with Gasteiger partial charge in [-0.3, -0.25) is 9.59 Å². The van der Waals surface area contributed by atoms with Gasteiger partial charge in [-0.15, -0.1) is 0 Å². The summed E-state index contributed by atoms with van der Waals surface area (Å²) in [7, 11) is 0. The number of anilines is 1. The molecule has 104 valence electrons. The van der Waals surface area contributed by atoms with Crippen LogP contribution in [0.25, 0.3) is 11.1 Å². The molecule has 1 aromatic heterocycles. The monoisotopic (exact) mass is 290 g/mol. The zero-order valence-electron chi connectivity index (χ0n) is 11.0. The minimum absolute atomic E-state index is 0.0784. The van der Waals surface area contributed by atoms with Crippen LogP contribution in [0.3, 0.4) is 0 Å². The van der Waals surface area contributed by atoms with E-state index in [-0.39, 0.29) is 16.9 Å². The molecule has 0 radical (unpaired) electrons. The van der Waals surface area contributed by atoms with E-state index < -0.39 is 0 Å². The maximum atomic E-state index is 12.2. The Morgan fingerprint density at radius 1 is 1.55 bits per heavy atom. The molecule has 0 aliphatic carbocycles. The Kier molecular flexibility index (Phi) is 3.48. The Bertz CT molecular complexity index is 667. The zero-order valence-corrected chi connectivity index (χ0v) is 11.9. The fourth-order valence-corrected chi connectivity index (χ4v) is 3.14. The van der Waals surface area contributed by atoms with Crippen LogP contribution in [0.2, 0.25) is 0 Å². The van der Waals surface area contributed by atoms with Crippen molar-refractivity contribution < 1.29 is 14.0 Å². The van der Waals surface area contributed by atoms with Crippen LogP contribution in [0.15, 0.2) is 29.0 Å². The third-order valence-electron chi connectivity index (χ3n) is 3.36. The summed E-state index contributed by atoms with van der Waals surface area (Å²) < 4.78 is 5.26. The highest BCUT2D eigenvalue weighted by Crippen LogP contribution is 2.31. The number of para-hydroxylation sites is 1. The van der Waals surface area contributed by atoms with Gasteiger partial charge in [0.05, 0.1) is 5.69 Å². The third kappa shape index (κ3) is 2.43. The highest BCUT2D eigenvalue weighted by Gasteiger charge is 2.32. The van der Waals surface area contributed by atoms with Crippen LogP contribution < -0.4 is 4.90 Å². The molecule has 6 heteroatoms. The molecule has 0 saturated carbocycles. The maximum absolute atomic E-state index is 12.2. The molecule has 1 unspecified atom stereocenters. The van der Waals surface area contributed by atoms with E-state index in [2.05, 4.69) is 4.98 Å². The van der Waals surface area contributed by atoms with Gasteiger partial charge in [0.25, 0.3) is 0 Å². The number of hydrogen-bond acceptors (Lipinski definition) is 5. The minimum Gasteiger partial charge on any atom is -0.443 e. The second-order valence-electron chi connectivity index (χ2n) is 4.85. The van der Waals surface area contributed by atoms with Crippen LogP contribution in [0.4, 0.5) is 5.69 Å². The van der Waals surface area contributed by atoms with Gasteiger partial charge in [-0.25, -0.2) is 4.98 Å². The van der Waals surface area contributed by atoms with Crippen molar-refractivity contribution >= 4 is 39.6 Å². The lowest BCUT2D eigenvalue weighted by Crippen LogP contribution is -2.25. The van der Waals surface area contributed by atoms with E-state index in [0.717, 1.165) is 5.69 Å². The number of aromatic nitrogens is 1. The lowest BCUT2D eigenvalue weighted by atomic mass is 10.1. The van der Waals surface area contributed by atoms with Crippen molar-refractivity contribution in [3.05, 3.63) is 24.6 Å². The second-order valence-corrected chi connectivity index (χ2v) is 6.05. The van der Waals surface area contributed by atoms with Gasteiger partial charge in [0.15, 0.2) is 17.1 Å². The van der Waals surface area contributed by atoms with Crippen LogP contribution in [0, 0.1) is 5.92 Å². The molecule has 2 heterocycles. The number of oxazole rings is 1. The zero-order chi connectivity index (χ0) is 14.1. The van der Waals surface area contributed by atoms with Crippen LogP contribution in [0.5, 0.6) is 0 Å². The van der Waals surface area contributed by atoms with Crippen LogP contribution in [-0.2, 0) is 9.59 Å². The Morgan fingerprint density at radius 3 is 3.20 bits per heavy atom. The number of hydrogen-bond donors (Lipinski definition) is 0. The van der Waals surface area contributed by atoms with E-state index in [1.807, 2.05) is 18.2 Å². The summed E-state index contributed by atoms with van der Waals surface area (Å²) in [5.41, 5.74) is 2.18. The average molecular weight is 290 g/mol. The van der Waals surface area contributed by atoms with Gasteiger partial charge in [-0.2, -0.15) is 0 Å². The summed E-state index contributed by atoms with van der Waals surface area (Å²) in [5, 5.41) is 0.0921. The summed E-state index contributed by atoms with van der Waals surface area (Å²) in [4.78, 5) is 29.1. The van der Waals surface area contributed by atoms with Crippen LogP contribution >= 0.6 is 11.8 Å². The molecule has 3 rings (SSSR count). The van der Waals surface area contributed by atoms with E-state index in [4.69, 9.17) is 4.42 Å². The minimum atomic E-state index is 0.0784. The van der Waals surface area contributed by atoms with Crippen molar-refractivity contribution in [1.29, 1.82) is 0 Å². The summed E-state index contributed by atoms with van der Waals surface area (Å²) in [6, 6.07) is 5.56. The van der Waals surface area contributed by atoms with Gasteiger partial charge in [0.2, 0.25) is 5.91 Å². The number of carbonyl (C=O) groups excluding carboxylic acids is 2. The van der Waals surface area contributed by atoms with E-state index in [0.29, 0.717) is 29.8 Å². The molecule has 2 aromatic rings. The standard InChI is InChI=1S/C14H14N2O3S/c1-9(17)20-7-10-5-13(18)16(6-10)11-3-2-4-12-14(11)15-8-19-12/h2-4,8,10H,5-7H2,1H3. The molecule has 1 aliphatic rings. The van der Waals surface area contributed by atoms with Gasteiger partial charge in [0, 0.05) is 25.6 Å². The molecule has 1 saturated heterocycles. The predicted molar refractivity (Wildman–Crippen MR) is 77.6 cm³/mol. The van der Waals surface area contributed by atoms with Crippen LogP contribution in [0.1, 0.15) is 13.3 Å². The first-order valence-electron chi connectivity index (χ1n) is 6.41. The average Bonchev–Trinajstić information content (AvgIpc) is 3.02. The number of benzene rings is 1. The first kappa shape index (κ1) is 13.2. The first-order chi connectivity index (χ1) is 9.65. The number of carbonyl (C=O) groups is 2. The van der Waals surface area contributed by atoms with Crippen molar-refractivity contribution in [3.8, 4) is 0 Å².